The Bertz CT molecular complexity index is 590. The van der Waals surface area contributed by atoms with Crippen LogP contribution in [0.15, 0.2) is 24.3 Å². The van der Waals surface area contributed by atoms with Crippen molar-refractivity contribution in [3.63, 3.8) is 0 Å². The van der Waals surface area contributed by atoms with E-state index in [4.69, 9.17) is 4.74 Å². The van der Waals surface area contributed by atoms with E-state index in [0.717, 1.165) is 0 Å². The van der Waals surface area contributed by atoms with Crippen molar-refractivity contribution in [1.29, 1.82) is 0 Å². The fourth-order valence-electron chi connectivity index (χ4n) is 1.41. The third kappa shape index (κ3) is 2.17. The summed E-state index contributed by atoms with van der Waals surface area (Å²) in [6, 6.07) is 5.87. The number of benzene rings is 1. The molecule has 0 spiro atoms. The highest BCUT2D eigenvalue weighted by atomic mass is 16.6. The molecule has 0 atom stereocenters. The second-order valence-electron chi connectivity index (χ2n) is 3.30. The lowest BCUT2D eigenvalue weighted by Gasteiger charge is -1.97. The molecule has 0 fully saturated rings. The average Bonchev–Trinajstić information content (AvgIpc) is 2.69. The number of nitrogens with zero attached hydrogens (tertiary/aromatic N) is 1. The number of carbonyl (C=O) groups is 1. The molecular weight excluding hydrogens is 226 g/mol. The molecule has 7 heteroatoms. The van der Waals surface area contributed by atoms with Crippen molar-refractivity contribution in [2.24, 2.45) is 0 Å². The largest absolute Gasteiger partial charge is 0.413 e. The standard InChI is InChI=1S/C10H9N3O4/c1-11-10(14)17-9-5-6-4-7(13(15)16)2-3-8(6)12-9/h2-5,12H,1H3,(H,11,14). The normalized spacial score (nSPS) is 10.2. The first-order valence-electron chi connectivity index (χ1n) is 4.77. The number of amides is 1. The summed E-state index contributed by atoms with van der Waals surface area (Å²) in [5.74, 6) is 0.236. The van der Waals surface area contributed by atoms with E-state index >= 15 is 0 Å². The summed E-state index contributed by atoms with van der Waals surface area (Å²) in [6.45, 7) is 0. The Morgan fingerprint density at radius 2 is 2.24 bits per heavy atom. The molecule has 0 aliphatic carbocycles. The summed E-state index contributed by atoms with van der Waals surface area (Å²) < 4.78 is 4.87. The molecule has 1 amide bonds. The number of rotatable bonds is 2. The minimum Gasteiger partial charge on any atom is -0.393 e. The number of nitro benzene ring substituents is 1. The van der Waals surface area contributed by atoms with Crippen molar-refractivity contribution >= 4 is 22.7 Å². The number of hydrogen-bond donors (Lipinski definition) is 2. The van der Waals surface area contributed by atoms with Gasteiger partial charge >= 0.3 is 6.09 Å². The number of aromatic nitrogens is 1. The summed E-state index contributed by atoms with van der Waals surface area (Å²) in [7, 11) is 1.44. The number of fused-ring (bicyclic) bond motifs is 1. The van der Waals surface area contributed by atoms with E-state index in [1.165, 1.54) is 25.2 Å². The third-order valence-corrected chi connectivity index (χ3v) is 2.20. The molecule has 0 unspecified atom stereocenters. The maximum absolute atomic E-state index is 11.0. The van der Waals surface area contributed by atoms with Gasteiger partial charge in [0.2, 0.25) is 5.88 Å². The molecule has 0 radical (unpaired) electrons. The molecule has 2 aromatic rings. The molecule has 1 heterocycles. The summed E-state index contributed by atoms with van der Waals surface area (Å²) >= 11 is 0. The van der Waals surface area contributed by atoms with E-state index in [1.807, 2.05) is 0 Å². The molecular formula is C10H9N3O4. The fourth-order valence-corrected chi connectivity index (χ4v) is 1.41. The maximum Gasteiger partial charge on any atom is 0.413 e. The van der Waals surface area contributed by atoms with Crippen LogP contribution < -0.4 is 10.1 Å². The minimum absolute atomic E-state index is 0.0111. The zero-order valence-corrected chi connectivity index (χ0v) is 8.89. The van der Waals surface area contributed by atoms with Crippen LogP contribution in [0.3, 0.4) is 0 Å². The van der Waals surface area contributed by atoms with Crippen LogP contribution in [0.25, 0.3) is 10.9 Å². The van der Waals surface area contributed by atoms with Gasteiger partial charge < -0.3 is 15.0 Å². The second kappa shape index (κ2) is 4.12. The molecule has 7 nitrogen and oxygen atoms in total. The Morgan fingerprint density at radius 3 is 2.88 bits per heavy atom. The number of ether oxygens (including phenoxy) is 1. The van der Waals surface area contributed by atoms with Gasteiger partial charge in [-0.1, -0.05) is 0 Å². The lowest BCUT2D eigenvalue weighted by atomic mass is 10.2. The van der Waals surface area contributed by atoms with Gasteiger partial charge in [0, 0.05) is 36.1 Å². The zero-order valence-electron chi connectivity index (χ0n) is 8.89. The quantitative estimate of drug-likeness (QED) is 0.612. The molecule has 2 rings (SSSR count). The van der Waals surface area contributed by atoms with Gasteiger partial charge in [-0.15, -0.1) is 0 Å². The van der Waals surface area contributed by atoms with Gasteiger partial charge in [-0.05, 0) is 6.07 Å². The van der Waals surface area contributed by atoms with E-state index < -0.39 is 11.0 Å². The molecule has 17 heavy (non-hydrogen) atoms. The number of carbonyl (C=O) groups excluding carboxylic acids is 1. The second-order valence-corrected chi connectivity index (χ2v) is 3.30. The van der Waals surface area contributed by atoms with Crippen molar-refractivity contribution in [3.8, 4) is 5.88 Å². The molecule has 2 N–H and O–H groups in total. The van der Waals surface area contributed by atoms with Gasteiger partial charge in [0.25, 0.3) is 5.69 Å². The van der Waals surface area contributed by atoms with Gasteiger partial charge in [-0.2, -0.15) is 0 Å². The van der Waals surface area contributed by atoms with Crippen molar-refractivity contribution in [2.45, 2.75) is 0 Å². The smallest absolute Gasteiger partial charge is 0.393 e. The lowest BCUT2D eigenvalue weighted by Crippen LogP contribution is -2.22. The molecule has 0 saturated heterocycles. The minimum atomic E-state index is -0.606. The fraction of sp³-hybridized carbons (Fsp3) is 0.100. The number of H-pyrrole nitrogens is 1. The molecule has 1 aromatic carbocycles. The summed E-state index contributed by atoms with van der Waals surface area (Å²) in [5.41, 5.74) is 0.650. The average molecular weight is 235 g/mol. The van der Waals surface area contributed by atoms with E-state index in [9.17, 15) is 14.9 Å². The van der Waals surface area contributed by atoms with Crippen LogP contribution in [0.1, 0.15) is 0 Å². The lowest BCUT2D eigenvalue weighted by molar-refractivity contribution is -0.384. The predicted molar refractivity (Wildman–Crippen MR) is 60.0 cm³/mol. The van der Waals surface area contributed by atoms with Crippen molar-refractivity contribution in [2.75, 3.05) is 7.05 Å². The molecule has 88 valence electrons. The summed E-state index contributed by atoms with van der Waals surface area (Å²) in [5, 5.41) is 13.5. The molecule has 0 aliphatic heterocycles. The first kappa shape index (κ1) is 10.9. The Morgan fingerprint density at radius 1 is 1.47 bits per heavy atom. The van der Waals surface area contributed by atoms with Crippen LogP contribution in [0.5, 0.6) is 5.88 Å². The van der Waals surface area contributed by atoms with Gasteiger partial charge in [0.1, 0.15) is 0 Å². The van der Waals surface area contributed by atoms with E-state index in [0.29, 0.717) is 10.9 Å². The highest BCUT2D eigenvalue weighted by molar-refractivity contribution is 5.84. The van der Waals surface area contributed by atoms with Gasteiger partial charge in [0.05, 0.1) is 4.92 Å². The molecule has 0 aliphatic rings. The monoisotopic (exact) mass is 235 g/mol. The molecule has 0 saturated carbocycles. The van der Waals surface area contributed by atoms with Crippen molar-refractivity contribution < 1.29 is 14.5 Å². The highest BCUT2D eigenvalue weighted by Crippen LogP contribution is 2.24. The topological polar surface area (TPSA) is 97.3 Å². The van der Waals surface area contributed by atoms with E-state index in [1.54, 1.807) is 6.07 Å². The predicted octanol–water partition coefficient (Wildman–Crippen LogP) is 1.79. The van der Waals surface area contributed by atoms with Crippen LogP contribution in [-0.2, 0) is 0 Å². The van der Waals surface area contributed by atoms with Gasteiger partial charge in [0.15, 0.2) is 0 Å². The summed E-state index contributed by atoms with van der Waals surface area (Å²) in [6.07, 6.45) is -0.606. The Hall–Kier alpha value is -2.57. The summed E-state index contributed by atoms with van der Waals surface area (Å²) in [4.78, 5) is 23.9. The van der Waals surface area contributed by atoms with Crippen LogP contribution in [-0.4, -0.2) is 23.0 Å². The highest BCUT2D eigenvalue weighted by Gasteiger charge is 2.10. The molecule has 1 aromatic heterocycles. The Balaban J connectivity index is 2.37. The van der Waals surface area contributed by atoms with Crippen molar-refractivity contribution in [3.05, 3.63) is 34.4 Å². The third-order valence-electron chi connectivity index (χ3n) is 2.20. The van der Waals surface area contributed by atoms with Crippen molar-refractivity contribution in [1.82, 2.24) is 10.3 Å². The first-order valence-corrected chi connectivity index (χ1v) is 4.77. The van der Waals surface area contributed by atoms with Gasteiger partial charge in [-0.25, -0.2) is 4.79 Å². The first-order chi connectivity index (χ1) is 8.10. The van der Waals surface area contributed by atoms with E-state index in [-0.39, 0.29) is 11.6 Å². The number of hydrogen-bond acceptors (Lipinski definition) is 4. The maximum atomic E-state index is 11.0. The van der Waals surface area contributed by atoms with Crippen LogP contribution in [0.4, 0.5) is 10.5 Å². The number of non-ortho nitro benzene ring substituents is 1. The van der Waals surface area contributed by atoms with Crippen LogP contribution >= 0.6 is 0 Å². The van der Waals surface area contributed by atoms with Crippen LogP contribution in [0.2, 0.25) is 0 Å². The van der Waals surface area contributed by atoms with Gasteiger partial charge in [-0.3, -0.25) is 10.1 Å². The molecule has 0 bridgehead atoms. The Kier molecular flexibility index (Phi) is 2.65. The Labute approximate surface area is 95.5 Å². The number of nitrogens with one attached hydrogen (secondary N) is 2. The van der Waals surface area contributed by atoms with Crippen LogP contribution in [0, 0.1) is 10.1 Å². The number of aromatic amines is 1. The zero-order chi connectivity index (χ0) is 12.4. The number of nitro groups is 1. The van der Waals surface area contributed by atoms with E-state index in [2.05, 4.69) is 10.3 Å². The SMILES string of the molecule is CNC(=O)Oc1cc2cc([N+](=O)[O-])ccc2[nH]1.